The summed E-state index contributed by atoms with van der Waals surface area (Å²) in [5.41, 5.74) is 8.75. The quantitative estimate of drug-likeness (QED) is 0.571. The van der Waals surface area contributed by atoms with Crippen LogP contribution in [-0.4, -0.2) is 9.97 Å². The zero-order chi connectivity index (χ0) is 14.8. The van der Waals surface area contributed by atoms with Crippen LogP contribution in [0, 0.1) is 0 Å². The number of benzene rings is 2. The zero-order valence-corrected chi connectivity index (χ0v) is 12.9. The number of hydrogen-bond acceptors (Lipinski definition) is 4. The van der Waals surface area contributed by atoms with Crippen LogP contribution in [0.15, 0.2) is 58.7 Å². The number of anilines is 1. The van der Waals surface area contributed by atoms with Gasteiger partial charge in [0.25, 0.3) is 0 Å². The Balaban J connectivity index is 1.94. The third-order valence-corrected chi connectivity index (χ3v) is 4.41. The van der Waals surface area contributed by atoms with E-state index in [9.17, 15) is 0 Å². The van der Waals surface area contributed by atoms with E-state index in [1.807, 2.05) is 18.2 Å². The summed E-state index contributed by atoms with van der Waals surface area (Å²) in [4.78, 5) is 9.85. The van der Waals surface area contributed by atoms with Crippen LogP contribution in [0.5, 0.6) is 0 Å². The standard InChI is InChI=1S/C17H17N3S/c1-11(2)12-3-6-14(7-4-12)21-17-15-8-5-13(18)9-16(15)19-10-20-17/h3-11H,18H2,1-2H3. The lowest BCUT2D eigenvalue weighted by Crippen LogP contribution is -1.90. The fourth-order valence-electron chi connectivity index (χ4n) is 2.16. The Morgan fingerprint density at radius 3 is 2.48 bits per heavy atom. The van der Waals surface area contributed by atoms with Gasteiger partial charge in [0.15, 0.2) is 0 Å². The van der Waals surface area contributed by atoms with E-state index in [1.165, 1.54) is 10.5 Å². The minimum atomic E-state index is 0.548. The van der Waals surface area contributed by atoms with Crippen LogP contribution < -0.4 is 5.73 Å². The lowest BCUT2D eigenvalue weighted by atomic mass is 10.0. The van der Waals surface area contributed by atoms with Crippen LogP contribution in [0.25, 0.3) is 10.9 Å². The van der Waals surface area contributed by atoms with E-state index in [2.05, 4.69) is 48.1 Å². The van der Waals surface area contributed by atoms with Crippen LogP contribution in [0.4, 0.5) is 5.69 Å². The second-order valence-corrected chi connectivity index (χ2v) is 6.34. The number of fused-ring (bicyclic) bond motifs is 1. The summed E-state index contributed by atoms with van der Waals surface area (Å²) in [7, 11) is 0. The second-order valence-electron chi connectivity index (χ2n) is 5.28. The third kappa shape index (κ3) is 3.00. The van der Waals surface area contributed by atoms with Gasteiger partial charge in [-0.15, -0.1) is 0 Å². The van der Waals surface area contributed by atoms with E-state index in [0.29, 0.717) is 5.92 Å². The second kappa shape index (κ2) is 5.74. The highest BCUT2D eigenvalue weighted by atomic mass is 32.2. The summed E-state index contributed by atoms with van der Waals surface area (Å²) in [6.45, 7) is 4.40. The predicted molar refractivity (Wildman–Crippen MR) is 88.6 cm³/mol. The van der Waals surface area contributed by atoms with Gasteiger partial charge in [-0.05, 0) is 41.8 Å². The number of hydrogen-bond donors (Lipinski definition) is 1. The van der Waals surface area contributed by atoms with Gasteiger partial charge in [-0.1, -0.05) is 37.7 Å². The highest BCUT2D eigenvalue weighted by Crippen LogP contribution is 2.32. The van der Waals surface area contributed by atoms with Gasteiger partial charge in [0.05, 0.1) is 5.52 Å². The molecule has 0 radical (unpaired) electrons. The monoisotopic (exact) mass is 295 g/mol. The predicted octanol–water partition coefficient (Wildman–Crippen LogP) is 4.49. The first-order valence-electron chi connectivity index (χ1n) is 6.91. The fourth-order valence-corrected chi connectivity index (χ4v) is 3.04. The molecule has 0 aliphatic rings. The molecule has 0 aliphatic heterocycles. The normalized spacial score (nSPS) is 11.2. The molecule has 0 fully saturated rings. The largest absolute Gasteiger partial charge is 0.399 e. The Bertz CT molecular complexity index is 767. The summed E-state index contributed by atoms with van der Waals surface area (Å²) in [5.74, 6) is 0.548. The Morgan fingerprint density at radius 1 is 1.00 bits per heavy atom. The minimum Gasteiger partial charge on any atom is -0.399 e. The Hall–Kier alpha value is -2.07. The summed E-state index contributed by atoms with van der Waals surface area (Å²) in [5, 5.41) is 1.99. The molecule has 0 saturated heterocycles. The van der Waals surface area contributed by atoms with E-state index in [-0.39, 0.29) is 0 Å². The molecule has 0 spiro atoms. The van der Waals surface area contributed by atoms with Crippen LogP contribution in [0.3, 0.4) is 0 Å². The zero-order valence-electron chi connectivity index (χ0n) is 12.1. The summed E-state index contributed by atoms with van der Waals surface area (Å²) < 4.78 is 0. The summed E-state index contributed by atoms with van der Waals surface area (Å²) in [6, 6.07) is 14.4. The molecule has 4 heteroatoms. The molecule has 0 aliphatic carbocycles. The van der Waals surface area contributed by atoms with Crippen molar-refractivity contribution in [1.82, 2.24) is 9.97 Å². The van der Waals surface area contributed by atoms with Gasteiger partial charge in [0, 0.05) is 16.0 Å². The smallest absolute Gasteiger partial charge is 0.117 e. The summed E-state index contributed by atoms with van der Waals surface area (Å²) in [6.07, 6.45) is 1.59. The minimum absolute atomic E-state index is 0.548. The van der Waals surface area contributed by atoms with Crippen molar-refractivity contribution in [2.75, 3.05) is 5.73 Å². The van der Waals surface area contributed by atoms with E-state index in [4.69, 9.17) is 5.73 Å². The molecule has 1 heterocycles. The molecule has 0 atom stereocenters. The molecule has 2 N–H and O–H groups in total. The maximum absolute atomic E-state index is 5.80. The Kier molecular flexibility index (Phi) is 3.80. The molecule has 2 aromatic carbocycles. The molecule has 0 bridgehead atoms. The maximum Gasteiger partial charge on any atom is 0.117 e. The molecule has 106 valence electrons. The first-order valence-corrected chi connectivity index (χ1v) is 7.73. The van der Waals surface area contributed by atoms with Gasteiger partial charge in [0.2, 0.25) is 0 Å². The van der Waals surface area contributed by atoms with Crippen molar-refractivity contribution in [1.29, 1.82) is 0 Å². The van der Waals surface area contributed by atoms with Crippen LogP contribution in [-0.2, 0) is 0 Å². The molecule has 3 aromatic rings. The van der Waals surface area contributed by atoms with E-state index >= 15 is 0 Å². The molecular weight excluding hydrogens is 278 g/mol. The van der Waals surface area contributed by atoms with Crippen molar-refractivity contribution < 1.29 is 0 Å². The SMILES string of the molecule is CC(C)c1ccc(Sc2ncnc3cc(N)ccc23)cc1. The lowest BCUT2D eigenvalue weighted by molar-refractivity contribution is 0.865. The highest BCUT2D eigenvalue weighted by Gasteiger charge is 2.06. The number of nitrogens with zero attached hydrogens (tertiary/aromatic N) is 2. The van der Waals surface area contributed by atoms with Gasteiger partial charge >= 0.3 is 0 Å². The fraction of sp³-hybridized carbons (Fsp3) is 0.176. The molecule has 3 rings (SSSR count). The topological polar surface area (TPSA) is 51.8 Å². The number of aromatic nitrogens is 2. The first kappa shape index (κ1) is 13.9. The van der Waals surface area contributed by atoms with E-state index < -0.39 is 0 Å². The van der Waals surface area contributed by atoms with Crippen molar-refractivity contribution >= 4 is 28.4 Å². The van der Waals surface area contributed by atoms with Gasteiger partial charge in [0.1, 0.15) is 11.4 Å². The van der Waals surface area contributed by atoms with Gasteiger partial charge in [-0.2, -0.15) is 0 Å². The molecule has 0 unspecified atom stereocenters. The van der Waals surface area contributed by atoms with Gasteiger partial charge < -0.3 is 5.73 Å². The molecule has 3 nitrogen and oxygen atoms in total. The highest BCUT2D eigenvalue weighted by molar-refractivity contribution is 7.99. The van der Waals surface area contributed by atoms with Crippen LogP contribution >= 0.6 is 11.8 Å². The number of nitrogen functional groups attached to an aromatic ring is 1. The first-order chi connectivity index (χ1) is 10.1. The van der Waals surface area contributed by atoms with E-state index in [0.717, 1.165) is 21.6 Å². The molecular formula is C17H17N3S. The molecule has 0 amide bonds. The number of nitrogens with two attached hydrogens (primary N) is 1. The summed E-state index contributed by atoms with van der Waals surface area (Å²) >= 11 is 1.65. The Morgan fingerprint density at radius 2 is 1.76 bits per heavy atom. The molecule has 0 saturated carbocycles. The van der Waals surface area contributed by atoms with Crippen molar-refractivity contribution in [3.8, 4) is 0 Å². The van der Waals surface area contributed by atoms with Crippen molar-refractivity contribution in [2.24, 2.45) is 0 Å². The molecule has 1 aromatic heterocycles. The lowest BCUT2D eigenvalue weighted by Gasteiger charge is -2.08. The van der Waals surface area contributed by atoms with Crippen LogP contribution in [0.2, 0.25) is 0 Å². The van der Waals surface area contributed by atoms with E-state index in [1.54, 1.807) is 18.1 Å². The molecule has 21 heavy (non-hydrogen) atoms. The maximum atomic E-state index is 5.80. The average Bonchev–Trinajstić information content (AvgIpc) is 2.47. The van der Waals surface area contributed by atoms with Crippen LogP contribution in [0.1, 0.15) is 25.3 Å². The van der Waals surface area contributed by atoms with Crippen molar-refractivity contribution in [3.63, 3.8) is 0 Å². The van der Waals surface area contributed by atoms with Crippen molar-refractivity contribution in [3.05, 3.63) is 54.4 Å². The van der Waals surface area contributed by atoms with Crippen molar-refractivity contribution in [2.45, 2.75) is 29.7 Å². The van der Waals surface area contributed by atoms with Gasteiger partial charge in [-0.3, -0.25) is 0 Å². The van der Waals surface area contributed by atoms with Gasteiger partial charge in [-0.25, -0.2) is 9.97 Å². The third-order valence-electron chi connectivity index (χ3n) is 3.39. The Labute approximate surface area is 128 Å². The number of rotatable bonds is 3. The average molecular weight is 295 g/mol.